The van der Waals surface area contributed by atoms with Gasteiger partial charge in [0.25, 0.3) is 0 Å². The first-order valence-electron chi connectivity index (χ1n) is 19.9. The summed E-state index contributed by atoms with van der Waals surface area (Å²) in [5.74, 6) is -2.78. The fraction of sp³-hybridized carbons (Fsp3) is 0.512. The van der Waals surface area contributed by atoms with E-state index in [1.807, 2.05) is 0 Å². The third kappa shape index (κ3) is 9.37. The van der Waals surface area contributed by atoms with Gasteiger partial charge in [0.2, 0.25) is 6.29 Å². The third-order valence-electron chi connectivity index (χ3n) is 11.5. The molecule has 0 radical (unpaired) electrons. The van der Waals surface area contributed by atoms with Crippen LogP contribution in [-0.4, -0.2) is 156 Å². The number of carbonyl (C=O) groups excluding carboxylic acids is 3. The summed E-state index contributed by atoms with van der Waals surface area (Å²) in [6, 6.07) is 13.7. The number of ether oxygens (including phenoxy) is 11. The van der Waals surface area contributed by atoms with Crippen LogP contribution in [0.5, 0.6) is 11.5 Å². The van der Waals surface area contributed by atoms with Gasteiger partial charge in [0, 0.05) is 25.0 Å². The van der Waals surface area contributed by atoms with Crippen molar-refractivity contribution in [3.05, 3.63) is 84.1 Å². The maximum atomic E-state index is 13.5. The van der Waals surface area contributed by atoms with Crippen molar-refractivity contribution < 1.29 is 92.0 Å². The van der Waals surface area contributed by atoms with E-state index < -0.39 is 128 Å². The molecular weight excluding hydrogens is 820 g/mol. The van der Waals surface area contributed by atoms with Gasteiger partial charge in [-0.15, -0.1) is 0 Å². The Bertz CT molecular complexity index is 1970. The first kappa shape index (κ1) is 45.1. The largest absolute Gasteiger partial charge is 0.497 e. The van der Waals surface area contributed by atoms with Crippen molar-refractivity contribution in [3.8, 4) is 11.5 Å². The second-order valence-electron chi connectivity index (χ2n) is 15.3. The van der Waals surface area contributed by atoms with Crippen molar-refractivity contribution in [1.29, 1.82) is 0 Å². The van der Waals surface area contributed by atoms with Crippen LogP contribution in [0.25, 0.3) is 12.2 Å². The molecular formula is C43H50O19. The summed E-state index contributed by atoms with van der Waals surface area (Å²) in [7, 11) is 3.05. The SMILES string of the molecule is COc1ccc(C=CC(=O)O[C@@H]2[C@@H](OC(=O)C=Cc3ccc(OC)cc3)[C@H](C)O[C@@H](O[C@H]3[C@@H]4C=CO[C@@H](O[C@@H]5O[C@H](CO)[C@@H](O)[C@H](O)[C@H]5O)[C@@H]4[C@@]4(CO)O[C@@H]34)[C@@H]2OC(C)=O)cc1. The predicted octanol–water partition coefficient (Wildman–Crippen LogP) is 0.378. The molecule has 0 spiro atoms. The van der Waals surface area contributed by atoms with E-state index in [0.29, 0.717) is 22.6 Å². The number of hydrogen-bond donors (Lipinski definition) is 5. The van der Waals surface area contributed by atoms with Gasteiger partial charge in [-0.05, 0) is 60.5 Å². The Morgan fingerprint density at radius 1 is 0.710 bits per heavy atom. The van der Waals surface area contributed by atoms with Gasteiger partial charge in [-0.3, -0.25) is 4.79 Å². The normalized spacial score (nSPS) is 37.2. The molecule has 7 rings (SSSR count). The number of benzene rings is 2. The van der Waals surface area contributed by atoms with Crippen LogP contribution in [0.3, 0.4) is 0 Å². The molecule has 336 valence electrons. The molecule has 2 aromatic rings. The van der Waals surface area contributed by atoms with E-state index in [4.69, 9.17) is 52.1 Å². The van der Waals surface area contributed by atoms with E-state index in [2.05, 4.69) is 0 Å². The molecule has 4 aliphatic heterocycles. The summed E-state index contributed by atoms with van der Waals surface area (Å²) >= 11 is 0. The molecule has 5 N–H and O–H groups in total. The Kier molecular flexibility index (Phi) is 14.0. The summed E-state index contributed by atoms with van der Waals surface area (Å²) in [6.45, 7) is 1.46. The summed E-state index contributed by atoms with van der Waals surface area (Å²) < 4.78 is 64.2. The molecule has 0 bridgehead atoms. The lowest BCUT2D eigenvalue weighted by atomic mass is 9.85. The summed E-state index contributed by atoms with van der Waals surface area (Å²) in [6.07, 6.45) is -9.60. The Balaban J connectivity index is 1.14. The molecule has 16 atom stereocenters. The fourth-order valence-electron chi connectivity index (χ4n) is 8.27. The molecule has 3 saturated heterocycles. The van der Waals surface area contributed by atoms with Crippen molar-refractivity contribution in [1.82, 2.24) is 0 Å². The summed E-state index contributed by atoms with van der Waals surface area (Å²) in [5.41, 5.74) is -0.0196. The van der Waals surface area contributed by atoms with E-state index in [0.717, 1.165) is 13.0 Å². The molecule has 2 aromatic carbocycles. The van der Waals surface area contributed by atoms with E-state index in [-0.39, 0.29) is 0 Å². The van der Waals surface area contributed by atoms with E-state index in [1.165, 1.54) is 38.7 Å². The van der Waals surface area contributed by atoms with Crippen molar-refractivity contribution in [2.45, 2.75) is 99.4 Å². The zero-order valence-electron chi connectivity index (χ0n) is 34.1. The van der Waals surface area contributed by atoms with Gasteiger partial charge in [0.15, 0.2) is 30.9 Å². The molecule has 0 aromatic heterocycles. The van der Waals surface area contributed by atoms with Crippen molar-refractivity contribution >= 4 is 30.1 Å². The molecule has 4 heterocycles. The first-order valence-corrected chi connectivity index (χ1v) is 19.9. The van der Waals surface area contributed by atoms with E-state index in [1.54, 1.807) is 61.5 Å². The summed E-state index contributed by atoms with van der Waals surface area (Å²) in [5, 5.41) is 51.7. The number of aliphatic hydroxyl groups excluding tert-OH is 5. The molecule has 4 fully saturated rings. The van der Waals surface area contributed by atoms with Crippen LogP contribution >= 0.6 is 0 Å². The van der Waals surface area contributed by atoms with Gasteiger partial charge < -0.3 is 77.6 Å². The zero-order valence-corrected chi connectivity index (χ0v) is 34.1. The minimum absolute atomic E-state index is 0.539. The zero-order chi connectivity index (χ0) is 44.3. The van der Waals surface area contributed by atoms with Crippen LogP contribution in [0.1, 0.15) is 25.0 Å². The molecule has 0 unspecified atom stereocenters. The number of methoxy groups -OCH3 is 2. The lowest BCUT2D eigenvalue weighted by Gasteiger charge is -2.45. The number of rotatable bonds is 15. The maximum Gasteiger partial charge on any atom is 0.331 e. The highest BCUT2D eigenvalue weighted by Crippen LogP contribution is 2.61. The van der Waals surface area contributed by atoms with Crippen LogP contribution in [-0.2, 0) is 57.0 Å². The van der Waals surface area contributed by atoms with Crippen LogP contribution in [0, 0.1) is 11.8 Å². The number of carbonyl (C=O) groups is 3. The number of aliphatic hydroxyl groups is 5. The minimum atomic E-state index is -1.75. The van der Waals surface area contributed by atoms with Crippen LogP contribution in [0.4, 0.5) is 0 Å². The molecule has 5 aliphatic rings. The van der Waals surface area contributed by atoms with Gasteiger partial charge in [-0.1, -0.05) is 24.3 Å². The van der Waals surface area contributed by atoms with Gasteiger partial charge in [0.05, 0.1) is 51.8 Å². The highest BCUT2D eigenvalue weighted by molar-refractivity contribution is 5.88. The molecule has 62 heavy (non-hydrogen) atoms. The monoisotopic (exact) mass is 870 g/mol. The van der Waals surface area contributed by atoms with Gasteiger partial charge >= 0.3 is 17.9 Å². The topological polar surface area (TPSA) is 257 Å². The van der Waals surface area contributed by atoms with E-state index >= 15 is 0 Å². The Morgan fingerprint density at radius 2 is 1.31 bits per heavy atom. The molecule has 0 amide bonds. The fourth-order valence-corrected chi connectivity index (χ4v) is 8.27. The second-order valence-corrected chi connectivity index (χ2v) is 15.3. The quantitative estimate of drug-likeness (QED) is 0.0702. The Morgan fingerprint density at radius 3 is 1.85 bits per heavy atom. The smallest absolute Gasteiger partial charge is 0.331 e. The van der Waals surface area contributed by atoms with E-state index in [9.17, 15) is 39.9 Å². The lowest BCUT2D eigenvalue weighted by Crippen LogP contribution is -2.62. The number of fused-ring (bicyclic) bond motifs is 3. The Hall–Kier alpha value is -4.93. The predicted molar refractivity (Wildman–Crippen MR) is 209 cm³/mol. The van der Waals surface area contributed by atoms with Gasteiger partial charge in [-0.2, -0.15) is 0 Å². The number of esters is 3. The average Bonchev–Trinajstić information content (AvgIpc) is 3.95. The first-order chi connectivity index (χ1) is 29.8. The van der Waals surface area contributed by atoms with Crippen LogP contribution < -0.4 is 9.47 Å². The third-order valence-corrected chi connectivity index (χ3v) is 11.5. The van der Waals surface area contributed by atoms with Crippen molar-refractivity contribution in [3.63, 3.8) is 0 Å². The van der Waals surface area contributed by atoms with Crippen molar-refractivity contribution in [2.75, 3.05) is 27.4 Å². The molecule has 19 nitrogen and oxygen atoms in total. The number of epoxide rings is 1. The molecule has 1 aliphatic carbocycles. The number of hydrogen-bond acceptors (Lipinski definition) is 19. The van der Waals surface area contributed by atoms with Gasteiger partial charge in [-0.25, -0.2) is 9.59 Å². The molecule has 1 saturated carbocycles. The maximum absolute atomic E-state index is 13.5. The summed E-state index contributed by atoms with van der Waals surface area (Å²) in [4.78, 5) is 39.6. The average molecular weight is 871 g/mol. The minimum Gasteiger partial charge on any atom is -0.497 e. The van der Waals surface area contributed by atoms with Crippen molar-refractivity contribution in [2.24, 2.45) is 11.8 Å². The highest BCUT2D eigenvalue weighted by Gasteiger charge is 2.77. The highest BCUT2D eigenvalue weighted by atomic mass is 16.8. The Labute approximate surface area is 355 Å². The van der Waals surface area contributed by atoms with Gasteiger partial charge in [0.1, 0.15) is 47.6 Å². The molecule has 19 heteroatoms. The standard InChI is InChI=1S/C43H50O19/c1-21-35(58-29(47)15-9-23-5-11-25(52-3)12-6-23)37(59-30(48)16-10-24-7-13-26(53-4)14-8-24)38(56-22(2)46)42(55-21)60-36-27-17-18-54-40(31(27)43(20-45)39(36)62-43)61-41-34(51)33(50)32(49)28(19-44)57-41/h5-18,21,27-28,31-42,44-45,49-51H,19-20H2,1-4H3/t21-,27+,28+,31+,32+,33-,34+,35-,36-,37+,38+,39-,40-,41-,42-,43+/m0/s1. The van der Waals surface area contributed by atoms with Crippen LogP contribution in [0.2, 0.25) is 0 Å². The second kappa shape index (κ2) is 19.2. The lowest BCUT2D eigenvalue weighted by molar-refractivity contribution is -0.347. The van der Waals surface area contributed by atoms with Crippen LogP contribution in [0.15, 0.2) is 73.0 Å².